The van der Waals surface area contributed by atoms with Gasteiger partial charge in [0.05, 0.1) is 16.7 Å². The van der Waals surface area contributed by atoms with Gasteiger partial charge in [-0.05, 0) is 61.9 Å². The van der Waals surface area contributed by atoms with E-state index >= 15 is 0 Å². The first-order chi connectivity index (χ1) is 16.9. The number of rotatable bonds is 6. The molecule has 1 saturated heterocycles. The fraction of sp³-hybridized carbons (Fsp3) is 0.286. The van der Waals surface area contributed by atoms with Crippen molar-refractivity contribution in [3.63, 3.8) is 0 Å². The molecule has 0 amide bonds. The van der Waals surface area contributed by atoms with Gasteiger partial charge in [-0.1, -0.05) is 35.9 Å². The van der Waals surface area contributed by atoms with E-state index in [0.717, 1.165) is 59.4 Å². The molecule has 3 aromatic carbocycles. The molecule has 1 N–H and O–H groups in total. The zero-order valence-electron chi connectivity index (χ0n) is 19.8. The minimum atomic E-state index is -1.15. The van der Waals surface area contributed by atoms with Gasteiger partial charge in [0.25, 0.3) is 0 Å². The number of nitrogens with one attached hydrogen (secondary N) is 1. The first-order valence-electron chi connectivity index (χ1n) is 11.9. The normalized spacial score (nSPS) is 15.4. The Bertz CT molecular complexity index is 1370. The monoisotopic (exact) mass is 490 g/mol. The number of alkyl halides is 1. The van der Waals surface area contributed by atoms with Crippen molar-refractivity contribution in [3.8, 4) is 5.75 Å². The van der Waals surface area contributed by atoms with Gasteiger partial charge in [-0.15, -0.1) is 0 Å². The van der Waals surface area contributed by atoms with E-state index in [1.54, 1.807) is 23.6 Å². The molecule has 5 nitrogen and oxygen atoms in total. The Kier molecular flexibility index (Phi) is 6.48. The first-order valence-corrected chi connectivity index (χ1v) is 12.3. The molecule has 7 heteroatoms. The van der Waals surface area contributed by atoms with Gasteiger partial charge in [0.2, 0.25) is 5.95 Å². The fourth-order valence-corrected chi connectivity index (χ4v) is 4.95. The van der Waals surface area contributed by atoms with E-state index in [4.69, 9.17) is 26.7 Å². The van der Waals surface area contributed by atoms with E-state index < -0.39 is 6.30 Å². The summed E-state index contributed by atoms with van der Waals surface area (Å²) in [4.78, 5) is 6.86. The highest BCUT2D eigenvalue weighted by molar-refractivity contribution is 6.31. The predicted molar refractivity (Wildman–Crippen MR) is 140 cm³/mol. The van der Waals surface area contributed by atoms with E-state index in [9.17, 15) is 4.39 Å². The first kappa shape index (κ1) is 23.4. The quantitative estimate of drug-likeness (QED) is 0.297. The van der Waals surface area contributed by atoms with E-state index in [0.29, 0.717) is 16.7 Å². The molecule has 1 fully saturated rings. The van der Waals surface area contributed by atoms with Gasteiger partial charge in [0.15, 0.2) is 6.30 Å². The van der Waals surface area contributed by atoms with Crippen molar-refractivity contribution in [2.75, 3.05) is 18.0 Å². The summed E-state index contributed by atoms with van der Waals surface area (Å²) in [5.41, 5.74) is 4.69. The van der Waals surface area contributed by atoms with Crippen molar-refractivity contribution in [2.24, 2.45) is 0 Å². The predicted octanol–water partition coefficient (Wildman–Crippen LogP) is 6.95. The van der Waals surface area contributed by atoms with Crippen LogP contribution in [0.2, 0.25) is 5.02 Å². The lowest BCUT2D eigenvalue weighted by molar-refractivity contribution is 0.169. The molecule has 0 aliphatic carbocycles. The number of aryl methyl sites for hydroxylation is 1. The Morgan fingerprint density at radius 1 is 1.09 bits per heavy atom. The Morgan fingerprint density at radius 3 is 2.57 bits per heavy atom. The summed E-state index contributed by atoms with van der Waals surface area (Å²) in [6.07, 6.45) is 0.564. The van der Waals surface area contributed by atoms with Crippen molar-refractivity contribution in [2.45, 2.75) is 39.1 Å². The number of imidazole rings is 1. The van der Waals surface area contributed by atoms with Gasteiger partial charge in [0.1, 0.15) is 11.9 Å². The summed E-state index contributed by atoms with van der Waals surface area (Å²) in [6.45, 7) is 5.03. The van der Waals surface area contributed by atoms with Crippen LogP contribution in [0.1, 0.15) is 42.8 Å². The molecular weight excluding hydrogens is 463 g/mol. The fourth-order valence-electron chi connectivity index (χ4n) is 4.76. The van der Waals surface area contributed by atoms with Crippen LogP contribution in [0.3, 0.4) is 0 Å². The third-order valence-corrected chi connectivity index (χ3v) is 6.78. The number of halogens is 2. The molecule has 35 heavy (non-hydrogen) atoms. The number of hydrogen-bond acceptors (Lipinski definition) is 4. The molecular formula is C28H28ClFN4O. The number of benzene rings is 3. The molecule has 1 aromatic heterocycles. The van der Waals surface area contributed by atoms with Crippen LogP contribution in [0, 0.1) is 12.3 Å². The number of aromatic nitrogens is 2. The number of nitrogens with zero attached hydrogens (tertiary/aromatic N) is 3. The summed E-state index contributed by atoms with van der Waals surface area (Å²) in [5.74, 6) is 1.48. The molecule has 1 aliphatic rings. The second-order valence-corrected chi connectivity index (χ2v) is 9.45. The van der Waals surface area contributed by atoms with E-state index in [2.05, 4.69) is 4.90 Å². The van der Waals surface area contributed by atoms with Crippen molar-refractivity contribution >= 4 is 34.3 Å². The third kappa shape index (κ3) is 4.76. The number of anilines is 1. The molecule has 180 valence electrons. The highest BCUT2D eigenvalue weighted by atomic mass is 35.5. The topological polar surface area (TPSA) is 54.1 Å². The minimum Gasteiger partial charge on any atom is -0.490 e. The summed E-state index contributed by atoms with van der Waals surface area (Å²) in [5, 5.41) is 9.20. The number of ether oxygens (including phenoxy) is 1. The van der Waals surface area contributed by atoms with Gasteiger partial charge < -0.3 is 9.64 Å². The molecule has 5 rings (SSSR count). The number of para-hydroxylation sites is 2. The van der Waals surface area contributed by atoms with Gasteiger partial charge in [-0.25, -0.2) is 9.37 Å². The zero-order chi connectivity index (χ0) is 24.5. The van der Waals surface area contributed by atoms with E-state index in [-0.39, 0.29) is 6.10 Å². The van der Waals surface area contributed by atoms with Gasteiger partial charge in [-0.3, -0.25) is 9.98 Å². The van der Waals surface area contributed by atoms with Crippen LogP contribution >= 0.6 is 11.6 Å². The van der Waals surface area contributed by atoms with Crippen LogP contribution in [0.4, 0.5) is 10.3 Å². The van der Waals surface area contributed by atoms with E-state index in [1.165, 1.54) is 0 Å². The molecule has 0 spiro atoms. The molecule has 0 bridgehead atoms. The van der Waals surface area contributed by atoms with Crippen LogP contribution < -0.4 is 9.64 Å². The van der Waals surface area contributed by atoms with Crippen molar-refractivity contribution in [1.82, 2.24) is 9.55 Å². The zero-order valence-corrected chi connectivity index (χ0v) is 20.6. The Labute approximate surface area is 209 Å². The van der Waals surface area contributed by atoms with E-state index in [1.807, 2.05) is 61.5 Å². The van der Waals surface area contributed by atoms with Crippen molar-refractivity contribution < 1.29 is 9.13 Å². The molecule has 4 aromatic rings. The standard InChI is InChI=1S/C28H28ClFN4O/c1-18-16-23(10-11-24(18)27(31)20-6-5-7-21(29)17-20)35-22-12-14-33(15-13-22)28-32-25-8-3-4-9-26(25)34(28)19(2)30/h3-11,16-17,19,22,31H,12-15H2,1-2H3. The van der Waals surface area contributed by atoms with Crippen LogP contribution in [-0.2, 0) is 0 Å². The summed E-state index contributed by atoms with van der Waals surface area (Å²) in [6, 6.07) is 20.9. The average Bonchev–Trinajstić information content (AvgIpc) is 3.24. The third-order valence-electron chi connectivity index (χ3n) is 6.54. The van der Waals surface area contributed by atoms with Crippen LogP contribution in [0.5, 0.6) is 5.75 Å². The van der Waals surface area contributed by atoms with Crippen LogP contribution in [0.15, 0.2) is 66.7 Å². The Balaban J connectivity index is 1.26. The lowest BCUT2D eigenvalue weighted by Gasteiger charge is -2.33. The van der Waals surface area contributed by atoms with Crippen molar-refractivity contribution in [1.29, 1.82) is 5.41 Å². The second-order valence-electron chi connectivity index (χ2n) is 9.01. The Hall–Kier alpha value is -3.38. The number of hydrogen-bond donors (Lipinski definition) is 1. The lowest BCUT2D eigenvalue weighted by atomic mass is 9.98. The second kappa shape index (κ2) is 9.70. The van der Waals surface area contributed by atoms with Gasteiger partial charge in [0, 0.05) is 42.1 Å². The molecule has 1 unspecified atom stereocenters. The Morgan fingerprint density at radius 2 is 1.86 bits per heavy atom. The van der Waals surface area contributed by atoms with Crippen LogP contribution in [-0.4, -0.2) is 34.5 Å². The van der Waals surface area contributed by atoms with Crippen molar-refractivity contribution in [3.05, 3.63) is 88.4 Å². The maximum absolute atomic E-state index is 14.5. The molecule has 1 atom stereocenters. The molecule has 2 heterocycles. The smallest absolute Gasteiger partial charge is 0.208 e. The molecule has 0 radical (unpaired) electrons. The van der Waals surface area contributed by atoms with Crippen LogP contribution in [0.25, 0.3) is 11.0 Å². The molecule has 0 saturated carbocycles. The maximum atomic E-state index is 14.5. The molecule has 1 aliphatic heterocycles. The number of piperidine rings is 1. The van der Waals surface area contributed by atoms with Gasteiger partial charge >= 0.3 is 0 Å². The summed E-state index contributed by atoms with van der Waals surface area (Å²) < 4.78 is 22.5. The summed E-state index contributed by atoms with van der Waals surface area (Å²) in [7, 11) is 0. The SMILES string of the molecule is Cc1cc(OC2CCN(c3nc4ccccc4n3C(C)F)CC2)ccc1C(=N)c1cccc(Cl)c1. The minimum absolute atomic E-state index is 0.0736. The van der Waals surface area contributed by atoms with Gasteiger partial charge in [-0.2, -0.15) is 0 Å². The maximum Gasteiger partial charge on any atom is 0.208 e. The summed E-state index contributed by atoms with van der Waals surface area (Å²) >= 11 is 6.10. The average molecular weight is 491 g/mol. The lowest BCUT2D eigenvalue weighted by Crippen LogP contribution is -2.39. The largest absolute Gasteiger partial charge is 0.490 e. The highest BCUT2D eigenvalue weighted by Gasteiger charge is 2.26. The number of fused-ring (bicyclic) bond motifs is 1. The highest BCUT2D eigenvalue weighted by Crippen LogP contribution is 2.30.